The van der Waals surface area contributed by atoms with Gasteiger partial charge in [-0.15, -0.1) is 0 Å². The number of nitrogen functional groups attached to an aromatic ring is 1. The van der Waals surface area contributed by atoms with Crippen molar-refractivity contribution in [3.8, 4) is 0 Å². The summed E-state index contributed by atoms with van der Waals surface area (Å²) < 4.78 is 0. The third kappa shape index (κ3) is 2.47. The molecule has 4 nitrogen and oxygen atoms in total. The molecule has 2 aromatic rings. The first-order valence-electron chi connectivity index (χ1n) is 5.82. The second-order valence-electron chi connectivity index (χ2n) is 4.12. The lowest BCUT2D eigenvalue weighted by Gasteiger charge is -2.11. The van der Waals surface area contributed by atoms with Gasteiger partial charge in [0, 0.05) is 28.7 Å². The van der Waals surface area contributed by atoms with Crippen LogP contribution >= 0.6 is 0 Å². The number of aryl methyl sites for hydroxylation is 1. The molecule has 0 spiro atoms. The summed E-state index contributed by atoms with van der Waals surface area (Å²) in [5.74, 6) is 0.890. The van der Waals surface area contributed by atoms with Gasteiger partial charge in [-0.05, 0) is 32.0 Å². The Labute approximate surface area is 101 Å². The SMILES string of the molecule is Cc1cc2c(N)cccc2c(NCCCN)n1. The zero-order valence-corrected chi connectivity index (χ0v) is 10.0. The second kappa shape index (κ2) is 5.01. The monoisotopic (exact) mass is 230 g/mol. The van der Waals surface area contributed by atoms with Crippen molar-refractivity contribution >= 4 is 22.3 Å². The van der Waals surface area contributed by atoms with Crippen LogP contribution in [0, 0.1) is 6.92 Å². The highest BCUT2D eigenvalue weighted by Crippen LogP contribution is 2.26. The molecule has 0 bridgehead atoms. The molecule has 0 fully saturated rings. The van der Waals surface area contributed by atoms with Crippen LogP contribution in [-0.4, -0.2) is 18.1 Å². The van der Waals surface area contributed by atoms with Crippen molar-refractivity contribution in [1.29, 1.82) is 0 Å². The number of hydrogen-bond acceptors (Lipinski definition) is 4. The van der Waals surface area contributed by atoms with Crippen LogP contribution in [0.2, 0.25) is 0 Å². The lowest BCUT2D eigenvalue weighted by Crippen LogP contribution is -2.10. The summed E-state index contributed by atoms with van der Waals surface area (Å²) in [6.07, 6.45) is 0.930. The predicted molar refractivity (Wildman–Crippen MR) is 73.1 cm³/mol. The van der Waals surface area contributed by atoms with Gasteiger partial charge in [-0.3, -0.25) is 0 Å². The van der Waals surface area contributed by atoms with Crippen LogP contribution in [0.4, 0.5) is 11.5 Å². The molecule has 1 aromatic carbocycles. The van der Waals surface area contributed by atoms with Crippen LogP contribution in [0.5, 0.6) is 0 Å². The van der Waals surface area contributed by atoms with Crippen molar-refractivity contribution in [1.82, 2.24) is 4.98 Å². The minimum atomic E-state index is 0.679. The fourth-order valence-corrected chi connectivity index (χ4v) is 1.87. The Balaban J connectivity index is 2.43. The topological polar surface area (TPSA) is 77.0 Å². The maximum absolute atomic E-state index is 5.97. The van der Waals surface area contributed by atoms with E-state index >= 15 is 0 Å². The number of rotatable bonds is 4. The molecule has 5 N–H and O–H groups in total. The van der Waals surface area contributed by atoms with Crippen LogP contribution in [0.25, 0.3) is 10.8 Å². The van der Waals surface area contributed by atoms with Gasteiger partial charge in [0.2, 0.25) is 0 Å². The Morgan fingerprint density at radius 2 is 2.12 bits per heavy atom. The first-order valence-corrected chi connectivity index (χ1v) is 5.82. The fraction of sp³-hybridized carbons (Fsp3) is 0.308. The van der Waals surface area contributed by atoms with Gasteiger partial charge in [0.15, 0.2) is 0 Å². The molecule has 0 aliphatic carbocycles. The summed E-state index contributed by atoms with van der Waals surface area (Å²) in [6.45, 7) is 3.48. The predicted octanol–water partition coefficient (Wildman–Crippen LogP) is 1.89. The van der Waals surface area contributed by atoms with E-state index in [2.05, 4.69) is 10.3 Å². The highest BCUT2D eigenvalue weighted by molar-refractivity contribution is 5.99. The van der Waals surface area contributed by atoms with Crippen LogP contribution in [0.1, 0.15) is 12.1 Å². The van der Waals surface area contributed by atoms with E-state index < -0.39 is 0 Å². The molecule has 4 heteroatoms. The zero-order valence-electron chi connectivity index (χ0n) is 10.0. The van der Waals surface area contributed by atoms with Crippen molar-refractivity contribution in [2.24, 2.45) is 5.73 Å². The second-order valence-corrected chi connectivity index (χ2v) is 4.12. The van der Waals surface area contributed by atoms with Gasteiger partial charge in [0.1, 0.15) is 5.82 Å². The van der Waals surface area contributed by atoms with Crippen molar-refractivity contribution in [3.05, 3.63) is 30.0 Å². The summed E-state index contributed by atoms with van der Waals surface area (Å²) in [4.78, 5) is 4.51. The molecule has 0 unspecified atom stereocenters. The van der Waals surface area contributed by atoms with E-state index in [1.54, 1.807) is 0 Å². The summed E-state index contributed by atoms with van der Waals surface area (Å²) >= 11 is 0. The molecule has 0 saturated heterocycles. The highest BCUT2D eigenvalue weighted by Gasteiger charge is 2.05. The molecule has 0 atom stereocenters. The van der Waals surface area contributed by atoms with Crippen molar-refractivity contribution in [3.63, 3.8) is 0 Å². The van der Waals surface area contributed by atoms with Crippen LogP contribution in [0.3, 0.4) is 0 Å². The highest BCUT2D eigenvalue weighted by atomic mass is 15.0. The van der Waals surface area contributed by atoms with Crippen molar-refractivity contribution in [2.75, 3.05) is 24.1 Å². The van der Waals surface area contributed by atoms with Gasteiger partial charge in [-0.2, -0.15) is 0 Å². The molecule has 0 aliphatic rings. The first kappa shape index (κ1) is 11.7. The molecule has 1 heterocycles. The number of fused-ring (bicyclic) bond motifs is 1. The third-order valence-corrected chi connectivity index (χ3v) is 2.71. The number of nitrogens with one attached hydrogen (secondary N) is 1. The van der Waals surface area contributed by atoms with Gasteiger partial charge in [0.05, 0.1) is 0 Å². The van der Waals surface area contributed by atoms with Gasteiger partial charge >= 0.3 is 0 Å². The minimum Gasteiger partial charge on any atom is -0.398 e. The standard InChI is InChI=1S/C13H18N4/c1-9-8-11-10(4-2-5-12(11)15)13(17-9)16-7-3-6-14/h2,4-5,8H,3,6-7,14-15H2,1H3,(H,16,17). The molecule has 90 valence electrons. The normalized spacial score (nSPS) is 10.7. The smallest absolute Gasteiger partial charge is 0.134 e. The van der Waals surface area contributed by atoms with E-state index in [9.17, 15) is 0 Å². The first-order chi connectivity index (χ1) is 8.22. The minimum absolute atomic E-state index is 0.679. The number of pyridine rings is 1. The molecule has 0 saturated carbocycles. The Hall–Kier alpha value is -1.81. The van der Waals surface area contributed by atoms with Crippen LogP contribution in [0.15, 0.2) is 24.3 Å². The number of nitrogens with two attached hydrogens (primary N) is 2. The van der Waals surface area contributed by atoms with Gasteiger partial charge in [-0.25, -0.2) is 4.98 Å². The maximum Gasteiger partial charge on any atom is 0.134 e. The molecule has 0 radical (unpaired) electrons. The third-order valence-electron chi connectivity index (χ3n) is 2.71. The van der Waals surface area contributed by atoms with E-state index in [-0.39, 0.29) is 0 Å². The van der Waals surface area contributed by atoms with Crippen molar-refractivity contribution < 1.29 is 0 Å². The molecule has 1 aromatic heterocycles. The number of nitrogens with zero attached hydrogens (tertiary/aromatic N) is 1. The van der Waals surface area contributed by atoms with E-state index in [4.69, 9.17) is 11.5 Å². The Bertz CT molecular complexity index is 522. The van der Waals surface area contributed by atoms with E-state index in [0.717, 1.165) is 40.9 Å². The molecular formula is C13H18N4. The molecule has 0 aliphatic heterocycles. The molecular weight excluding hydrogens is 212 g/mol. The van der Waals surface area contributed by atoms with Gasteiger partial charge in [0.25, 0.3) is 0 Å². The molecule has 0 amide bonds. The van der Waals surface area contributed by atoms with E-state index in [1.165, 1.54) is 0 Å². The summed E-state index contributed by atoms with van der Waals surface area (Å²) in [5.41, 5.74) is 13.2. The Morgan fingerprint density at radius 3 is 2.88 bits per heavy atom. The molecule has 17 heavy (non-hydrogen) atoms. The van der Waals surface area contributed by atoms with E-state index in [0.29, 0.717) is 6.54 Å². The Morgan fingerprint density at radius 1 is 1.29 bits per heavy atom. The lowest BCUT2D eigenvalue weighted by molar-refractivity contribution is 0.870. The number of anilines is 2. The number of hydrogen-bond donors (Lipinski definition) is 3. The molecule has 2 rings (SSSR count). The summed E-state index contributed by atoms with van der Waals surface area (Å²) in [6, 6.07) is 7.90. The average Bonchev–Trinajstić information content (AvgIpc) is 2.31. The van der Waals surface area contributed by atoms with Crippen LogP contribution < -0.4 is 16.8 Å². The van der Waals surface area contributed by atoms with Crippen molar-refractivity contribution in [2.45, 2.75) is 13.3 Å². The lowest BCUT2D eigenvalue weighted by atomic mass is 10.1. The largest absolute Gasteiger partial charge is 0.398 e. The van der Waals surface area contributed by atoms with Crippen LogP contribution in [-0.2, 0) is 0 Å². The number of aromatic nitrogens is 1. The summed E-state index contributed by atoms with van der Waals surface area (Å²) in [7, 11) is 0. The van der Waals surface area contributed by atoms with E-state index in [1.807, 2.05) is 31.2 Å². The quantitative estimate of drug-likeness (QED) is 0.553. The fourth-order valence-electron chi connectivity index (χ4n) is 1.87. The van der Waals surface area contributed by atoms with Gasteiger partial charge in [-0.1, -0.05) is 12.1 Å². The zero-order chi connectivity index (χ0) is 12.3. The summed E-state index contributed by atoms with van der Waals surface area (Å²) in [5, 5.41) is 5.42. The number of benzene rings is 1. The van der Waals surface area contributed by atoms with Gasteiger partial charge < -0.3 is 16.8 Å². The Kier molecular flexibility index (Phi) is 3.44. The maximum atomic E-state index is 5.97. The average molecular weight is 230 g/mol.